The van der Waals surface area contributed by atoms with Crippen LogP contribution in [0.25, 0.3) is 11.0 Å². The zero-order chi connectivity index (χ0) is 12.4. The van der Waals surface area contributed by atoms with Crippen LogP contribution in [0, 0.1) is 0 Å². The predicted octanol–water partition coefficient (Wildman–Crippen LogP) is 2.49. The van der Waals surface area contributed by atoms with Gasteiger partial charge in [-0.1, -0.05) is 12.1 Å². The van der Waals surface area contributed by atoms with E-state index in [1.54, 1.807) is 7.11 Å². The highest BCUT2D eigenvalue weighted by molar-refractivity contribution is 5.86. The molecule has 1 aliphatic rings. The fraction of sp³-hybridized carbons (Fsp3) is 0.429. The van der Waals surface area contributed by atoms with Gasteiger partial charge in [-0.25, -0.2) is 0 Å². The normalized spacial score (nSPS) is 20.8. The largest absolute Gasteiger partial charge is 0.493 e. The first-order chi connectivity index (χ1) is 8.90. The van der Waals surface area contributed by atoms with Crippen LogP contribution in [0.1, 0.15) is 18.0 Å². The Labute approximate surface area is 106 Å². The molecule has 1 fully saturated rings. The van der Waals surface area contributed by atoms with Gasteiger partial charge in [-0.15, -0.1) is 0 Å². The van der Waals surface area contributed by atoms with Gasteiger partial charge in [0, 0.05) is 30.1 Å². The average Bonchev–Trinajstić information content (AvgIpc) is 2.66. The van der Waals surface area contributed by atoms with Gasteiger partial charge in [-0.05, 0) is 12.5 Å². The third-order valence-corrected chi connectivity index (χ3v) is 3.38. The zero-order valence-corrected chi connectivity index (χ0v) is 10.4. The maximum Gasteiger partial charge on any atom is 0.176 e. The Morgan fingerprint density at radius 3 is 3.17 bits per heavy atom. The summed E-state index contributed by atoms with van der Waals surface area (Å²) in [6.07, 6.45) is 2.79. The number of hydrogen-bond acceptors (Lipinski definition) is 4. The van der Waals surface area contributed by atoms with Gasteiger partial charge >= 0.3 is 0 Å². The Bertz CT molecular complexity index is 527. The van der Waals surface area contributed by atoms with E-state index in [2.05, 4.69) is 11.4 Å². The van der Waals surface area contributed by atoms with Crippen LogP contribution >= 0.6 is 0 Å². The number of rotatable bonds is 2. The zero-order valence-electron chi connectivity index (χ0n) is 10.4. The number of nitrogens with one attached hydrogen (secondary N) is 1. The van der Waals surface area contributed by atoms with Crippen molar-refractivity contribution < 1.29 is 13.9 Å². The smallest absolute Gasteiger partial charge is 0.176 e. The van der Waals surface area contributed by atoms with Gasteiger partial charge in [0.05, 0.1) is 20.0 Å². The van der Waals surface area contributed by atoms with Gasteiger partial charge in [0.25, 0.3) is 0 Å². The van der Waals surface area contributed by atoms with Crippen LogP contribution < -0.4 is 10.1 Å². The van der Waals surface area contributed by atoms with E-state index in [1.165, 1.54) is 5.56 Å². The van der Waals surface area contributed by atoms with Crippen molar-refractivity contribution in [3.05, 3.63) is 30.0 Å². The summed E-state index contributed by atoms with van der Waals surface area (Å²) in [6, 6.07) is 6.28. The molecule has 2 aromatic rings. The molecule has 1 atom stereocenters. The maximum atomic E-state index is 5.66. The number of para-hydroxylation sites is 1. The van der Waals surface area contributed by atoms with Crippen LogP contribution in [0.15, 0.2) is 28.9 Å². The van der Waals surface area contributed by atoms with E-state index in [4.69, 9.17) is 13.9 Å². The minimum absolute atomic E-state index is 0.292. The van der Waals surface area contributed by atoms with Crippen molar-refractivity contribution in [2.75, 3.05) is 26.9 Å². The lowest BCUT2D eigenvalue weighted by Crippen LogP contribution is -2.21. The fourth-order valence-electron chi connectivity index (χ4n) is 2.46. The first kappa shape index (κ1) is 11.6. The summed E-state index contributed by atoms with van der Waals surface area (Å²) < 4.78 is 16.4. The summed E-state index contributed by atoms with van der Waals surface area (Å²) in [6.45, 7) is 2.44. The predicted molar refractivity (Wildman–Crippen MR) is 68.9 cm³/mol. The number of methoxy groups -OCH3 is 1. The maximum absolute atomic E-state index is 5.66. The number of benzene rings is 1. The van der Waals surface area contributed by atoms with E-state index in [0.717, 1.165) is 42.9 Å². The van der Waals surface area contributed by atoms with Crippen LogP contribution in [0.2, 0.25) is 0 Å². The van der Waals surface area contributed by atoms with Gasteiger partial charge < -0.3 is 19.2 Å². The van der Waals surface area contributed by atoms with E-state index < -0.39 is 0 Å². The van der Waals surface area contributed by atoms with Crippen molar-refractivity contribution in [2.45, 2.75) is 12.5 Å². The van der Waals surface area contributed by atoms with E-state index in [-0.39, 0.29) is 0 Å². The monoisotopic (exact) mass is 247 g/mol. The van der Waals surface area contributed by atoms with Crippen molar-refractivity contribution in [2.24, 2.45) is 0 Å². The SMILES string of the molecule is COc1cccc2c(C3CCOCCN3)coc12. The van der Waals surface area contributed by atoms with E-state index in [0.29, 0.717) is 6.04 Å². The second-order valence-electron chi connectivity index (χ2n) is 4.44. The first-order valence-electron chi connectivity index (χ1n) is 6.25. The van der Waals surface area contributed by atoms with Crippen LogP contribution in [0.3, 0.4) is 0 Å². The van der Waals surface area contributed by atoms with Crippen LogP contribution in [-0.4, -0.2) is 26.9 Å². The van der Waals surface area contributed by atoms with Crippen molar-refractivity contribution >= 4 is 11.0 Å². The number of ether oxygens (including phenoxy) is 2. The van der Waals surface area contributed by atoms with Crippen molar-refractivity contribution in [3.8, 4) is 5.75 Å². The molecule has 0 bridgehead atoms. The molecule has 4 nitrogen and oxygen atoms in total. The molecule has 1 aromatic carbocycles. The summed E-state index contributed by atoms with van der Waals surface area (Å²) in [7, 11) is 1.66. The second-order valence-corrected chi connectivity index (χ2v) is 4.44. The molecule has 1 unspecified atom stereocenters. The van der Waals surface area contributed by atoms with Crippen molar-refractivity contribution in [1.29, 1.82) is 0 Å². The Balaban J connectivity index is 2.01. The van der Waals surface area contributed by atoms with Gasteiger partial charge in [-0.3, -0.25) is 0 Å². The number of furan rings is 1. The second kappa shape index (κ2) is 5.00. The minimum Gasteiger partial charge on any atom is -0.493 e. The van der Waals surface area contributed by atoms with E-state index >= 15 is 0 Å². The van der Waals surface area contributed by atoms with Crippen LogP contribution in [0.5, 0.6) is 5.75 Å². The van der Waals surface area contributed by atoms with Crippen molar-refractivity contribution in [3.63, 3.8) is 0 Å². The highest BCUT2D eigenvalue weighted by Gasteiger charge is 2.19. The van der Waals surface area contributed by atoms with Crippen LogP contribution in [-0.2, 0) is 4.74 Å². The van der Waals surface area contributed by atoms with Crippen LogP contribution in [0.4, 0.5) is 0 Å². The molecule has 0 amide bonds. The molecule has 18 heavy (non-hydrogen) atoms. The average molecular weight is 247 g/mol. The summed E-state index contributed by atoms with van der Waals surface area (Å²) >= 11 is 0. The first-order valence-corrected chi connectivity index (χ1v) is 6.25. The van der Waals surface area contributed by atoms with E-state index in [9.17, 15) is 0 Å². The molecule has 0 aliphatic carbocycles. The van der Waals surface area contributed by atoms with Gasteiger partial charge in [0.2, 0.25) is 0 Å². The summed E-state index contributed by atoms with van der Waals surface area (Å²) in [5.74, 6) is 0.781. The Morgan fingerprint density at radius 2 is 2.28 bits per heavy atom. The molecule has 4 heteroatoms. The molecule has 2 heterocycles. The van der Waals surface area contributed by atoms with Crippen molar-refractivity contribution in [1.82, 2.24) is 5.32 Å². The number of hydrogen-bond donors (Lipinski definition) is 1. The summed E-state index contributed by atoms with van der Waals surface area (Å²) in [5, 5.41) is 4.61. The van der Waals surface area contributed by atoms with Gasteiger partial charge in [-0.2, -0.15) is 0 Å². The minimum atomic E-state index is 0.292. The lowest BCUT2D eigenvalue weighted by atomic mass is 10.0. The molecule has 1 N–H and O–H groups in total. The highest BCUT2D eigenvalue weighted by Crippen LogP contribution is 2.33. The third kappa shape index (κ3) is 1.98. The molecule has 1 saturated heterocycles. The van der Waals surface area contributed by atoms with Gasteiger partial charge in [0.15, 0.2) is 11.3 Å². The molecular formula is C14H17NO3. The molecule has 3 rings (SSSR count). The summed E-state index contributed by atoms with van der Waals surface area (Å²) in [4.78, 5) is 0. The molecule has 1 aromatic heterocycles. The Kier molecular flexibility index (Phi) is 3.21. The topological polar surface area (TPSA) is 43.6 Å². The number of fused-ring (bicyclic) bond motifs is 1. The lowest BCUT2D eigenvalue weighted by molar-refractivity contribution is 0.150. The Hall–Kier alpha value is -1.52. The molecule has 96 valence electrons. The molecular weight excluding hydrogens is 230 g/mol. The highest BCUT2D eigenvalue weighted by atomic mass is 16.5. The fourth-order valence-corrected chi connectivity index (χ4v) is 2.46. The molecule has 0 spiro atoms. The summed E-state index contributed by atoms with van der Waals surface area (Å²) in [5.41, 5.74) is 2.01. The van der Waals surface area contributed by atoms with Gasteiger partial charge in [0.1, 0.15) is 0 Å². The molecule has 0 radical (unpaired) electrons. The molecule has 0 saturated carbocycles. The lowest BCUT2D eigenvalue weighted by Gasteiger charge is -2.13. The Morgan fingerprint density at radius 1 is 1.33 bits per heavy atom. The quantitative estimate of drug-likeness (QED) is 0.885. The standard InChI is InChI=1S/C14H17NO3/c1-16-13-4-2-3-10-11(9-18-14(10)13)12-5-7-17-8-6-15-12/h2-4,9,12,15H,5-8H2,1H3. The third-order valence-electron chi connectivity index (χ3n) is 3.38. The van der Waals surface area contributed by atoms with E-state index in [1.807, 2.05) is 18.4 Å². The molecule has 1 aliphatic heterocycles.